The van der Waals surface area contributed by atoms with E-state index in [0.29, 0.717) is 63.5 Å². The standard InChI is InChI=1S/C33H40N4O7S/c1-2-3-18-36-27-10-5-4-9-26(27)33(32(36)41)28(30(39)31(40)37(33)19-8-15-34-20-22-44-23-21-34)29(38)24-11-13-25(14-12-24)45(42,43)35-16-6-7-17-35/h4-5,9-14,38H,2-3,6-8,15-23H2,1H3/b29-28+. The lowest BCUT2D eigenvalue weighted by Crippen LogP contribution is -2.52. The molecule has 11 nitrogen and oxygen atoms in total. The van der Waals surface area contributed by atoms with Crippen molar-refractivity contribution in [1.82, 2.24) is 14.1 Å². The van der Waals surface area contributed by atoms with Crippen molar-refractivity contribution >= 4 is 39.1 Å². The molecule has 2 amide bonds. The highest BCUT2D eigenvalue weighted by Gasteiger charge is 2.66. The third kappa shape index (κ3) is 5.27. The smallest absolute Gasteiger partial charge is 0.296 e. The number of aliphatic hydroxyl groups is 1. The van der Waals surface area contributed by atoms with Crippen LogP contribution >= 0.6 is 0 Å². The van der Waals surface area contributed by atoms with E-state index in [4.69, 9.17) is 4.74 Å². The number of morpholine rings is 1. The number of rotatable bonds is 10. The summed E-state index contributed by atoms with van der Waals surface area (Å²) in [7, 11) is -3.70. The number of likely N-dealkylation sites (tertiary alicyclic amines) is 1. The van der Waals surface area contributed by atoms with Crippen LogP contribution in [-0.2, 0) is 34.7 Å². The Labute approximate surface area is 264 Å². The molecule has 2 aromatic rings. The molecule has 1 spiro atoms. The van der Waals surface area contributed by atoms with E-state index in [1.54, 1.807) is 17.0 Å². The zero-order valence-electron chi connectivity index (χ0n) is 25.6. The summed E-state index contributed by atoms with van der Waals surface area (Å²) in [4.78, 5) is 47.7. The van der Waals surface area contributed by atoms with Crippen LogP contribution in [0, 0.1) is 0 Å². The summed E-state index contributed by atoms with van der Waals surface area (Å²) in [6, 6.07) is 12.8. The quantitative estimate of drug-likeness (QED) is 0.240. The second-order valence-electron chi connectivity index (χ2n) is 12.0. The second-order valence-corrected chi connectivity index (χ2v) is 13.9. The summed E-state index contributed by atoms with van der Waals surface area (Å²) >= 11 is 0. The number of Topliss-reactive ketones (excluding diaryl/α,β-unsaturated/α-hetero) is 1. The van der Waals surface area contributed by atoms with E-state index < -0.39 is 38.9 Å². The number of unbranched alkanes of at least 4 members (excludes halogenated alkanes) is 1. The van der Waals surface area contributed by atoms with Gasteiger partial charge in [-0.3, -0.25) is 19.3 Å². The fourth-order valence-electron chi connectivity index (χ4n) is 6.99. The highest BCUT2D eigenvalue weighted by molar-refractivity contribution is 7.89. The first kappa shape index (κ1) is 31.4. The number of hydrogen-bond donors (Lipinski definition) is 1. The first-order valence-corrected chi connectivity index (χ1v) is 17.3. The molecule has 1 unspecified atom stereocenters. The number of ketones is 1. The average molecular weight is 637 g/mol. The number of aliphatic hydroxyl groups excluding tert-OH is 1. The lowest BCUT2D eigenvalue weighted by atomic mass is 9.82. The number of benzene rings is 2. The van der Waals surface area contributed by atoms with E-state index in [2.05, 4.69) is 4.90 Å². The number of nitrogens with zero attached hydrogens (tertiary/aromatic N) is 4. The van der Waals surface area contributed by atoms with Crippen LogP contribution in [0.3, 0.4) is 0 Å². The topological polar surface area (TPSA) is 128 Å². The monoisotopic (exact) mass is 636 g/mol. The summed E-state index contributed by atoms with van der Waals surface area (Å²) in [5, 5.41) is 11.8. The first-order chi connectivity index (χ1) is 21.7. The van der Waals surface area contributed by atoms with E-state index in [9.17, 15) is 27.9 Å². The molecule has 0 radical (unpaired) electrons. The molecule has 3 fully saturated rings. The number of carbonyl (C=O) groups excluding carboxylic acids is 3. The van der Waals surface area contributed by atoms with Crippen LogP contribution in [0.15, 0.2) is 59.0 Å². The largest absolute Gasteiger partial charge is 0.507 e. The van der Waals surface area contributed by atoms with E-state index in [1.165, 1.54) is 33.5 Å². The van der Waals surface area contributed by atoms with Crippen molar-refractivity contribution < 1.29 is 32.6 Å². The highest BCUT2D eigenvalue weighted by Crippen LogP contribution is 2.53. The number of fused-ring (bicyclic) bond motifs is 2. The van der Waals surface area contributed by atoms with E-state index in [-0.39, 0.29) is 22.6 Å². The maximum absolute atomic E-state index is 14.7. The number of hydrogen-bond acceptors (Lipinski definition) is 8. The van der Waals surface area contributed by atoms with E-state index >= 15 is 0 Å². The Balaban J connectivity index is 1.44. The summed E-state index contributed by atoms with van der Waals surface area (Å²) in [6.45, 7) is 6.90. The molecule has 4 aliphatic rings. The number of para-hydroxylation sites is 1. The van der Waals surface area contributed by atoms with Gasteiger partial charge in [0.2, 0.25) is 10.0 Å². The molecule has 1 N–H and O–H groups in total. The van der Waals surface area contributed by atoms with Crippen molar-refractivity contribution in [3.8, 4) is 0 Å². The van der Waals surface area contributed by atoms with Crippen molar-refractivity contribution in [2.75, 3.05) is 63.9 Å². The SMILES string of the molecule is CCCCN1C(=O)C2(/C(=C(/O)c3ccc(S(=O)(=O)N4CCCC4)cc3)C(=O)C(=O)N2CCCN2CCOCC2)c2ccccc21. The van der Waals surface area contributed by atoms with Crippen LogP contribution in [0.5, 0.6) is 0 Å². The van der Waals surface area contributed by atoms with E-state index in [1.807, 2.05) is 19.1 Å². The predicted octanol–water partition coefficient (Wildman–Crippen LogP) is 2.92. The van der Waals surface area contributed by atoms with Crippen LogP contribution < -0.4 is 4.90 Å². The highest BCUT2D eigenvalue weighted by atomic mass is 32.2. The minimum atomic E-state index is -3.70. The number of carbonyl (C=O) groups is 3. The average Bonchev–Trinajstić information content (AvgIpc) is 3.74. The number of sulfonamides is 1. The van der Waals surface area contributed by atoms with Gasteiger partial charge in [0, 0.05) is 56.9 Å². The van der Waals surface area contributed by atoms with Gasteiger partial charge in [-0.05, 0) is 56.0 Å². The normalized spacial score (nSPS) is 23.9. The van der Waals surface area contributed by atoms with Crippen LogP contribution in [-0.4, -0.2) is 104 Å². The van der Waals surface area contributed by atoms with Gasteiger partial charge in [0.15, 0.2) is 5.54 Å². The zero-order chi connectivity index (χ0) is 31.8. The lowest BCUT2D eigenvalue weighted by Gasteiger charge is -2.35. The Morgan fingerprint density at radius 1 is 0.889 bits per heavy atom. The van der Waals surface area contributed by atoms with Gasteiger partial charge in [-0.15, -0.1) is 0 Å². The molecular weight excluding hydrogens is 596 g/mol. The summed E-state index contributed by atoms with van der Waals surface area (Å²) in [5.74, 6) is -2.73. The zero-order valence-corrected chi connectivity index (χ0v) is 26.4. The number of amides is 2. The minimum Gasteiger partial charge on any atom is -0.507 e. The van der Waals surface area contributed by atoms with Crippen LogP contribution in [0.4, 0.5) is 5.69 Å². The van der Waals surface area contributed by atoms with Gasteiger partial charge in [-0.2, -0.15) is 4.31 Å². The second kappa shape index (κ2) is 12.7. The molecule has 0 aromatic heterocycles. The van der Waals surface area contributed by atoms with Gasteiger partial charge < -0.3 is 19.6 Å². The fourth-order valence-corrected chi connectivity index (χ4v) is 8.51. The maximum atomic E-state index is 14.7. The Kier molecular flexibility index (Phi) is 8.84. The van der Waals surface area contributed by atoms with Gasteiger partial charge >= 0.3 is 0 Å². The molecular formula is C33H40N4O7S. The summed E-state index contributed by atoms with van der Waals surface area (Å²) < 4.78 is 33.1. The summed E-state index contributed by atoms with van der Waals surface area (Å²) in [6.07, 6.45) is 3.67. The molecule has 45 heavy (non-hydrogen) atoms. The van der Waals surface area contributed by atoms with Gasteiger partial charge in [0.1, 0.15) is 5.76 Å². The van der Waals surface area contributed by atoms with Crippen molar-refractivity contribution in [3.05, 3.63) is 65.2 Å². The molecule has 12 heteroatoms. The maximum Gasteiger partial charge on any atom is 0.296 e. The molecule has 6 rings (SSSR count). The summed E-state index contributed by atoms with van der Waals surface area (Å²) in [5.41, 5.74) is -0.891. The van der Waals surface area contributed by atoms with Crippen molar-refractivity contribution in [1.29, 1.82) is 0 Å². The Morgan fingerprint density at radius 2 is 1.58 bits per heavy atom. The molecule has 3 saturated heterocycles. The van der Waals surface area contributed by atoms with Gasteiger partial charge in [0.05, 0.1) is 29.4 Å². The Bertz CT molecular complexity index is 1610. The van der Waals surface area contributed by atoms with Gasteiger partial charge in [-0.1, -0.05) is 31.5 Å². The number of anilines is 1. The predicted molar refractivity (Wildman–Crippen MR) is 168 cm³/mol. The molecule has 0 aliphatic carbocycles. The van der Waals surface area contributed by atoms with Crippen molar-refractivity contribution in [3.63, 3.8) is 0 Å². The van der Waals surface area contributed by atoms with Crippen LogP contribution in [0.2, 0.25) is 0 Å². The van der Waals surface area contributed by atoms with Gasteiger partial charge in [0.25, 0.3) is 17.6 Å². The Hall–Kier alpha value is -3.58. The minimum absolute atomic E-state index is 0.0762. The molecule has 4 heterocycles. The molecule has 0 saturated carbocycles. The van der Waals surface area contributed by atoms with Crippen molar-refractivity contribution in [2.24, 2.45) is 0 Å². The van der Waals surface area contributed by atoms with Crippen LogP contribution in [0.1, 0.15) is 50.2 Å². The third-order valence-corrected chi connectivity index (χ3v) is 11.2. The van der Waals surface area contributed by atoms with Crippen LogP contribution in [0.25, 0.3) is 5.76 Å². The Morgan fingerprint density at radius 3 is 2.27 bits per heavy atom. The number of ether oxygens (including phenoxy) is 1. The molecule has 240 valence electrons. The van der Waals surface area contributed by atoms with E-state index in [0.717, 1.165) is 32.4 Å². The lowest BCUT2D eigenvalue weighted by molar-refractivity contribution is -0.143. The molecule has 0 bridgehead atoms. The molecule has 4 aliphatic heterocycles. The molecule has 2 aromatic carbocycles. The first-order valence-electron chi connectivity index (χ1n) is 15.8. The van der Waals surface area contributed by atoms with Gasteiger partial charge in [-0.25, -0.2) is 8.42 Å². The van der Waals surface area contributed by atoms with Crippen molar-refractivity contribution in [2.45, 2.75) is 49.5 Å². The fraction of sp³-hybridized carbons (Fsp3) is 0.485. The molecule has 1 atom stereocenters. The third-order valence-electron chi connectivity index (χ3n) is 9.33.